The van der Waals surface area contributed by atoms with Crippen LogP contribution in [0.5, 0.6) is 5.75 Å². The highest BCUT2D eigenvalue weighted by Gasteiger charge is 2.14. The molecule has 0 unspecified atom stereocenters. The minimum Gasteiger partial charge on any atom is -0.489 e. The highest BCUT2D eigenvalue weighted by atomic mass is 35.5. The predicted molar refractivity (Wildman–Crippen MR) is 128 cm³/mol. The number of hydrogen-bond donors (Lipinski definition) is 2. The molecule has 0 saturated heterocycles. The molecule has 2 N–H and O–H groups in total. The van der Waals surface area contributed by atoms with Gasteiger partial charge in [0.1, 0.15) is 24.0 Å². The van der Waals surface area contributed by atoms with Gasteiger partial charge in [0.25, 0.3) is 5.91 Å². The standard InChI is InChI=1S/C25H17Cl2N3O2/c26-21-7-4-8-23(24(21)27)30-25(31)17(13-28)11-18-14-29-22-10-9-19(12-20(18)22)32-15-16-5-2-1-3-6-16/h1-12,14,29H,15H2,(H,30,31)/b17-11+. The Kier molecular flexibility index (Phi) is 6.46. The summed E-state index contributed by atoms with van der Waals surface area (Å²) in [6.45, 7) is 0.439. The number of nitriles is 1. The third kappa shape index (κ3) is 4.78. The van der Waals surface area contributed by atoms with Gasteiger partial charge in [0.05, 0.1) is 15.7 Å². The molecule has 0 aliphatic carbocycles. The summed E-state index contributed by atoms with van der Waals surface area (Å²) in [6.07, 6.45) is 3.26. The molecule has 1 amide bonds. The molecule has 4 aromatic rings. The average Bonchev–Trinajstić information content (AvgIpc) is 3.21. The van der Waals surface area contributed by atoms with Crippen molar-refractivity contribution in [1.82, 2.24) is 4.98 Å². The lowest BCUT2D eigenvalue weighted by Gasteiger charge is -2.08. The Labute approximate surface area is 194 Å². The number of benzene rings is 3. The molecule has 0 spiro atoms. The molecule has 1 aromatic heterocycles. The van der Waals surface area contributed by atoms with Crippen molar-refractivity contribution >= 4 is 51.8 Å². The van der Waals surface area contributed by atoms with Crippen LogP contribution < -0.4 is 10.1 Å². The van der Waals surface area contributed by atoms with Crippen LogP contribution in [0.2, 0.25) is 10.0 Å². The van der Waals surface area contributed by atoms with Crippen molar-refractivity contribution in [2.24, 2.45) is 0 Å². The number of rotatable bonds is 6. The lowest BCUT2D eigenvalue weighted by atomic mass is 10.1. The van der Waals surface area contributed by atoms with E-state index in [1.54, 1.807) is 24.4 Å². The number of aromatic amines is 1. The van der Waals surface area contributed by atoms with E-state index >= 15 is 0 Å². The largest absolute Gasteiger partial charge is 0.489 e. The summed E-state index contributed by atoms with van der Waals surface area (Å²) in [5.74, 6) is 0.103. The van der Waals surface area contributed by atoms with Crippen molar-refractivity contribution in [2.75, 3.05) is 5.32 Å². The third-order valence-corrected chi connectivity index (χ3v) is 5.62. The van der Waals surface area contributed by atoms with Crippen molar-refractivity contribution in [3.05, 3.63) is 99.7 Å². The first kappa shape index (κ1) is 21.5. The van der Waals surface area contributed by atoms with Crippen molar-refractivity contribution in [1.29, 1.82) is 5.26 Å². The second kappa shape index (κ2) is 9.61. The molecular formula is C25H17Cl2N3O2. The molecule has 0 radical (unpaired) electrons. The van der Waals surface area contributed by atoms with Gasteiger partial charge in [-0.25, -0.2) is 0 Å². The zero-order valence-electron chi connectivity index (χ0n) is 16.7. The van der Waals surface area contributed by atoms with E-state index in [9.17, 15) is 10.1 Å². The molecule has 3 aromatic carbocycles. The van der Waals surface area contributed by atoms with Crippen LogP contribution in [0.3, 0.4) is 0 Å². The number of aromatic nitrogens is 1. The smallest absolute Gasteiger partial charge is 0.266 e. The summed E-state index contributed by atoms with van der Waals surface area (Å²) >= 11 is 12.1. The Balaban J connectivity index is 1.57. The maximum absolute atomic E-state index is 12.7. The van der Waals surface area contributed by atoms with Crippen LogP contribution in [0.4, 0.5) is 5.69 Å². The van der Waals surface area contributed by atoms with Crippen LogP contribution in [0.1, 0.15) is 11.1 Å². The Morgan fingerprint density at radius 1 is 1.09 bits per heavy atom. The number of halogens is 2. The number of anilines is 1. The normalized spacial score (nSPS) is 11.2. The Bertz CT molecular complexity index is 1350. The molecule has 0 atom stereocenters. The number of carbonyl (C=O) groups is 1. The Morgan fingerprint density at radius 2 is 1.91 bits per heavy atom. The van der Waals surface area contributed by atoms with Crippen LogP contribution in [0, 0.1) is 11.3 Å². The lowest BCUT2D eigenvalue weighted by Crippen LogP contribution is -2.13. The van der Waals surface area contributed by atoms with Crippen LogP contribution in [0.25, 0.3) is 17.0 Å². The number of carbonyl (C=O) groups excluding carboxylic acids is 1. The first-order chi connectivity index (χ1) is 15.5. The van der Waals surface area contributed by atoms with Crippen LogP contribution in [-0.4, -0.2) is 10.9 Å². The van der Waals surface area contributed by atoms with Gasteiger partial charge in [-0.1, -0.05) is 59.6 Å². The summed E-state index contributed by atoms with van der Waals surface area (Å²) in [5.41, 5.74) is 2.87. The predicted octanol–water partition coefficient (Wildman–Crippen LogP) is 6.60. The van der Waals surface area contributed by atoms with Gasteiger partial charge in [-0.05, 0) is 42.0 Å². The third-order valence-electron chi connectivity index (χ3n) is 4.80. The Morgan fingerprint density at radius 3 is 2.69 bits per heavy atom. The minimum atomic E-state index is -0.581. The molecule has 7 heteroatoms. The van der Waals surface area contributed by atoms with Gasteiger partial charge in [-0.15, -0.1) is 0 Å². The highest BCUT2D eigenvalue weighted by molar-refractivity contribution is 6.44. The first-order valence-electron chi connectivity index (χ1n) is 9.70. The topological polar surface area (TPSA) is 77.9 Å². The van der Waals surface area contributed by atoms with E-state index in [1.165, 1.54) is 6.08 Å². The van der Waals surface area contributed by atoms with E-state index in [0.717, 1.165) is 16.5 Å². The van der Waals surface area contributed by atoms with E-state index in [1.807, 2.05) is 54.6 Å². The molecule has 4 rings (SSSR count). The van der Waals surface area contributed by atoms with Crippen LogP contribution in [0.15, 0.2) is 78.5 Å². The van der Waals surface area contributed by atoms with Gasteiger partial charge in [0, 0.05) is 22.7 Å². The van der Waals surface area contributed by atoms with E-state index in [-0.39, 0.29) is 10.6 Å². The van der Waals surface area contributed by atoms with E-state index in [2.05, 4.69) is 10.3 Å². The fraction of sp³-hybridized carbons (Fsp3) is 0.0400. The minimum absolute atomic E-state index is 0.0717. The monoisotopic (exact) mass is 461 g/mol. The zero-order chi connectivity index (χ0) is 22.5. The number of ether oxygens (including phenoxy) is 1. The molecule has 0 aliphatic heterocycles. The summed E-state index contributed by atoms with van der Waals surface area (Å²) in [4.78, 5) is 15.8. The number of amides is 1. The summed E-state index contributed by atoms with van der Waals surface area (Å²) in [7, 11) is 0. The average molecular weight is 462 g/mol. The second-order valence-electron chi connectivity index (χ2n) is 6.95. The fourth-order valence-corrected chi connectivity index (χ4v) is 3.51. The molecule has 1 heterocycles. The maximum atomic E-state index is 12.7. The van der Waals surface area contributed by atoms with Crippen molar-refractivity contribution in [3.8, 4) is 11.8 Å². The molecule has 5 nitrogen and oxygen atoms in total. The highest BCUT2D eigenvalue weighted by Crippen LogP contribution is 2.30. The van der Waals surface area contributed by atoms with Gasteiger partial charge in [0.15, 0.2) is 0 Å². The molecule has 0 fully saturated rings. The Hall–Kier alpha value is -3.72. The van der Waals surface area contributed by atoms with Crippen LogP contribution >= 0.6 is 23.2 Å². The summed E-state index contributed by atoms with van der Waals surface area (Å²) in [5, 5.41) is 13.5. The number of nitrogens with zero attached hydrogens (tertiary/aromatic N) is 1. The van der Waals surface area contributed by atoms with Gasteiger partial charge >= 0.3 is 0 Å². The fourth-order valence-electron chi connectivity index (χ4n) is 3.17. The number of H-pyrrole nitrogens is 1. The SMILES string of the molecule is N#C/C(=C\c1c[nH]c2ccc(OCc3ccccc3)cc12)C(=O)Nc1cccc(Cl)c1Cl. The number of hydrogen-bond acceptors (Lipinski definition) is 3. The molecule has 158 valence electrons. The maximum Gasteiger partial charge on any atom is 0.266 e. The van der Waals surface area contributed by atoms with E-state index in [4.69, 9.17) is 27.9 Å². The molecule has 32 heavy (non-hydrogen) atoms. The quantitative estimate of drug-likeness (QED) is 0.250. The molecular weight excluding hydrogens is 445 g/mol. The molecule has 0 saturated carbocycles. The second-order valence-corrected chi connectivity index (χ2v) is 7.74. The van der Waals surface area contributed by atoms with Gasteiger partial charge in [-0.2, -0.15) is 5.26 Å². The van der Waals surface area contributed by atoms with Crippen molar-refractivity contribution in [2.45, 2.75) is 6.61 Å². The van der Waals surface area contributed by atoms with Crippen LogP contribution in [-0.2, 0) is 11.4 Å². The summed E-state index contributed by atoms with van der Waals surface area (Å²) in [6, 6.07) is 22.3. The van der Waals surface area contributed by atoms with Gasteiger partial charge < -0.3 is 15.0 Å². The molecule has 0 bridgehead atoms. The summed E-state index contributed by atoms with van der Waals surface area (Å²) < 4.78 is 5.90. The van der Waals surface area contributed by atoms with Gasteiger partial charge in [0.2, 0.25) is 0 Å². The van der Waals surface area contributed by atoms with Gasteiger partial charge in [-0.3, -0.25) is 4.79 Å². The van der Waals surface area contributed by atoms with E-state index in [0.29, 0.717) is 28.6 Å². The number of nitrogens with one attached hydrogen (secondary N) is 2. The van der Waals surface area contributed by atoms with E-state index < -0.39 is 5.91 Å². The molecule has 0 aliphatic rings. The van der Waals surface area contributed by atoms with Crippen molar-refractivity contribution in [3.63, 3.8) is 0 Å². The first-order valence-corrected chi connectivity index (χ1v) is 10.5. The lowest BCUT2D eigenvalue weighted by molar-refractivity contribution is -0.112. The van der Waals surface area contributed by atoms with Crippen molar-refractivity contribution < 1.29 is 9.53 Å². The zero-order valence-corrected chi connectivity index (χ0v) is 18.2. The number of fused-ring (bicyclic) bond motifs is 1.